The first-order valence-corrected chi connectivity index (χ1v) is 8.96. The van der Waals surface area contributed by atoms with Crippen molar-refractivity contribution in [3.8, 4) is 5.75 Å². The van der Waals surface area contributed by atoms with Gasteiger partial charge in [-0.05, 0) is 17.7 Å². The third-order valence-electron chi connectivity index (χ3n) is 4.64. The van der Waals surface area contributed by atoms with E-state index in [1.54, 1.807) is 0 Å². The van der Waals surface area contributed by atoms with Crippen molar-refractivity contribution in [3.63, 3.8) is 0 Å². The molecule has 138 valence electrons. The van der Waals surface area contributed by atoms with E-state index in [1.807, 2.05) is 12.1 Å². The molecule has 1 aromatic carbocycles. The highest BCUT2D eigenvalue weighted by molar-refractivity contribution is 5.90. The van der Waals surface area contributed by atoms with Crippen molar-refractivity contribution in [2.45, 2.75) is 20.0 Å². The smallest absolute Gasteiger partial charge is 0.289 e. The summed E-state index contributed by atoms with van der Waals surface area (Å²) in [6.07, 6.45) is 2.41. The molecule has 3 rings (SSSR count). The van der Waals surface area contributed by atoms with Gasteiger partial charge in [0.05, 0.1) is 12.4 Å². The molecule has 7 nitrogen and oxygen atoms in total. The van der Waals surface area contributed by atoms with E-state index >= 15 is 0 Å². The summed E-state index contributed by atoms with van der Waals surface area (Å²) < 4.78 is 0. The van der Waals surface area contributed by atoms with Crippen LogP contribution in [0.2, 0.25) is 0 Å². The number of aromatic nitrogens is 2. The molecule has 2 N–H and O–H groups in total. The first kappa shape index (κ1) is 18.3. The van der Waals surface area contributed by atoms with E-state index in [1.165, 1.54) is 18.0 Å². The maximum Gasteiger partial charge on any atom is 0.289 e. The van der Waals surface area contributed by atoms with Gasteiger partial charge >= 0.3 is 0 Å². The molecule has 1 saturated heterocycles. The van der Waals surface area contributed by atoms with Gasteiger partial charge in [-0.1, -0.05) is 31.2 Å². The molecule has 0 bridgehead atoms. The van der Waals surface area contributed by atoms with Gasteiger partial charge < -0.3 is 15.3 Å². The molecule has 1 amide bonds. The molecule has 1 fully saturated rings. The van der Waals surface area contributed by atoms with Crippen LogP contribution in [0, 0.1) is 0 Å². The van der Waals surface area contributed by atoms with Crippen molar-refractivity contribution >= 4 is 5.91 Å². The van der Waals surface area contributed by atoms with Gasteiger partial charge in [0.2, 0.25) is 5.82 Å². The summed E-state index contributed by atoms with van der Waals surface area (Å²) >= 11 is 0. The lowest BCUT2D eigenvalue weighted by Crippen LogP contribution is -2.45. The molecule has 0 spiro atoms. The molecular formula is C19H25N5O2. The van der Waals surface area contributed by atoms with E-state index < -0.39 is 0 Å². The SMILES string of the molecule is CCN1CCN(Cc2ccc(CNC(=O)c3ncc(O)cn3)cc2)CC1. The summed E-state index contributed by atoms with van der Waals surface area (Å²) in [5.41, 5.74) is 2.31. The molecular weight excluding hydrogens is 330 g/mol. The Kier molecular flexibility index (Phi) is 6.14. The minimum absolute atomic E-state index is 0.0469. The first-order chi connectivity index (χ1) is 12.6. The zero-order valence-corrected chi connectivity index (χ0v) is 15.1. The van der Waals surface area contributed by atoms with E-state index in [2.05, 4.69) is 44.1 Å². The number of nitrogens with one attached hydrogen (secondary N) is 1. The lowest BCUT2D eigenvalue weighted by atomic mass is 10.1. The molecule has 7 heteroatoms. The predicted molar refractivity (Wildman–Crippen MR) is 98.7 cm³/mol. The molecule has 2 aromatic rings. The number of nitrogens with zero attached hydrogens (tertiary/aromatic N) is 4. The normalized spacial score (nSPS) is 15.7. The number of hydrogen-bond acceptors (Lipinski definition) is 6. The molecule has 0 atom stereocenters. The maximum atomic E-state index is 12.0. The Labute approximate surface area is 153 Å². The maximum absolute atomic E-state index is 12.0. The van der Waals surface area contributed by atoms with Gasteiger partial charge in [0, 0.05) is 39.3 Å². The lowest BCUT2D eigenvalue weighted by Gasteiger charge is -2.34. The molecule has 0 unspecified atom stereocenters. The quantitative estimate of drug-likeness (QED) is 0.812. The first-order valence-electron chi connectivity index (χ1n) is 8.96. The van der Waals surface area contributed by atoms with Crippen LogP contribution >= 0.6 is 0 Å². The van der Waals surface area contributed by atoms with Gasteiger partial charge in [0.15, 0.2) is 5.75 Å². The van der Waals surface area contributed by atoms with Crippen LogP contribution in [0.3, 0.4) is 0 Å². The van der Waals surface area contributed by atoms with E-state index in [-0.39, 0.29) is 17.5 Å². The molecule has 1 aromatic heterocycles. The average molecular weight is 355 g/mol. The second kappa shape index (κ2) is 8.73. The standard InChI is InChI=1S/C19H25N5O2/c1-2-23-7-9-24(10-8-23)14-16-5-3-15(4-6-16)11-22-19(26)18-20-12-17(25)13-21-18/h3-6,12-13,25H,2,7-11,14H2,1H3,(H,22,26). The zero-order valence-electron chi connectivity index (χ0n) is 15.1. The van der Waals surface area contributed by atoms with E-state index in [0.717, 1.165) is 44.8 Å². The highest BCUT2D eigenvalue weighted by atomic mass is 16.3. The van der Waals surface area contributed by atoms with Crippen molar-refractivity contribution < 1.29 is 9.90 Å². The molecule has 1 aliphatic rings. The Balaban J connectivity index is 1.47. The Morgan fingerprint density at radius 1 is 1.04 bits per heavy atom. The van der Waals surface area contributed by atoms with Crippen molar-refractivity contribution in [1.29, 1.82) is 0 Å². The van der Waals surface area contributed by atoms with Crippen LogP contribution in [-0.2, 0) is 13.1 Å². The lowest BCUT2D eigenvalue weighted by molar-refractivity contribution is 0.0940. The molecule has 2 heterocycles. The average Bonchev–Trinajstić information content (AvgIpc) is 2.68. The number of aromatic hydroxyl groups is 1. The predicted octanol–water partition coefficient (Wildman–Crippen LogP) is 1.25. The van der Waals surface area contributed by atoms with Gasteiger partial charge in [-0.15, -0.1) is 0 Å². The number of carbonyl (C=O) groups is 1. The van der Waals surface area contributed by atoms with Crippen LogP contribution in [0.4, 0.5) is 0 Å². The summed E-state index contributed by atoms with van der Waals surface area (Å²) in [6, 6.07) is 8.31. The van der Waals surface area contributed by atoms with Crippen LogP contribution in [0.1, 0.15) is 28.7 Å². The minimum Gasteiger partial charge on any atom is -0.505 e. The number of rotatable bonds is 6. The van der Waals surface area contributed by atoms with Crippen molar-refractivity contribution in [3.05, 3.63) is 53.6 Å². The number of hydrogen-bond donors (Lipinski definition) is 2. The second-order valence-corrected chi connectivity index (χ2v) is 6.47. The van der Waals surface area contributed by atoms with Crippen molar-refractivity contribution in [2.75, 3.05) is 32.7 Å². The van der Waals surface area contributed by atoms with E-state index in [9.17, 15) is 4.79 Å². The molecule has 0 radical (unpaired) electrons. The molecule has 0 aliphatic carbocycles. The van der Waals surface area contributed by atoms with Gasteiger partial charge in [0.25, 0.3) is 5.91 Å². The largest absolute Gasteiger partial charge is 0.505 e. The van der Waals surface area contributed by atoms with E-state index in [0.29, 0.717) is 6.54 Å². The topological polar surface area (TPSA) is 81.6 Å². The highest BCUT2D eigenvalue weighted by Gasteiger charge is 2.15. The van der Waals surface area contributed by atoms with Gasteiger partial charge in [-0.25, -0.2) is 9.97 Å². The van der Waals surface area contributed by atoms with Crippen LogP contribution in [-0.4, -0.2) is 63.5 Å². The summed E-state index contributed by atoms with van der Waals surface area (Å²) in [7, 11) is 0. The van der Waals surface area contributed by atoms with Crippen molar-refractivity contribution in [1.82, 2.24) is 25.1 Å². The van der Waals surface area contributed by atoms with Crippen LogP contribution < -0.4 is 5.32 Å². The van der Waals surface area contributed by atoms with Gasteiger partial charge in [0.1, 0.15) is 0 Å². The molecule has 0 saturated carbocycles. The second-order valence-electron chi connectivity index (χ2n) is 6.47. The monoisotopic (exact) mass is 355 g/mol. The van der Waals surface area contributed by atoms with Crippen LogP contribution in [0.15, 0.2) is 36.7 Å². The van der Waals surface area contributed by atoms with Crippen LogP contribution in [0.5, 0.6) is 5.75 Å². The summed E-state index contributed by atoms with van der Waals surface area (Å²) in [5, 5.41) is 11.9. The number of benzene rings is 1. The third kappa shape index (κ3) is 5.00. The highest BCUT2D eigenvalue weighted by Crippen LogP contribution is 2.10. The fourth-order valence-corrected chi connectivity index (χ4v) is 2.98. The van der Waals surface area contributed by atoms with Crippen molar-refractivity contribution in [2.24, 2.45) is 0 Å². The Morgan fingerprint density at radius 2 is 1.62 bits per heavy atom. The van der Waals surface area contributed by atoms with E-state index in [4.69, 9.17) is 5.11 Å². The summed E-state index contributed by atoms with van der Waals surface area (Å²) in [5.74, 6) is -0.373. The van der Waals surface area contributed by atoms with Crippen LogP contribution in [0.25, 0.3) is 0 Å². The number of carbonyl (C=O) groups excluding carboxylic acids is 1. The minimum atomic E-state index is -0.358. The Hall–Kier alpha value is -2.51. The zero-order chi connectivity index (χ0) is 18.4. The molecule has 1 aliphatic heterocycles. The number of piperazine rings is 1. The fraction of sp³-hybridized carbons (Fsp3) is 0.421. The summed E-state index contributed by atoms with van der Waals surface area (Å²) in [6.45, 7) is 9.21. The molecule has 26 heavy (non-hydrogen) atoms. The number of likely N-dealkylation sites (N-methyl/N-ethyl adjacent to an activating group) is 1. The number of amides is 1. The summed E-state index contributed by atoms with van der Waals surface area (Å²) in [4.78, 5) is 24.5. The fourth-order valence-electron chi connectivity index (χ4n) is 2.98. The van der Waals surface area contributed by atoms with Gasteiger partial charge in [-0.3, -0.25) is 9.69 Å². The van der Waals surface area contributed by atoms with Gasteiger partial charge in [-0.2, -0.15) is 0 Å². The Morgan fingerprint density at radius 3 is 2.23 bits per heavy atom. The third-order valence-corrected chi connectivity index (χ3v) is 4.64. The Bertz CT molecular complexity index is 710.